The number of nitrogens with zero attached hydrogens (tertiary/aromatic N) is 5. The molecule has 35 heavy (non-hydrogen) atoms. The maximum atomic E-state index is 12.8. The SMILES string of the molecule is O=C(Cc1ccnnc1)c1[nH]c2cc(-c3nccc(Nc4ccc5[nH]ncc5c4)n3)ccc2c1Cl. The molecular weight excluding hydrogens is 464 g/mol. The number of halogens is 1. The molecule has 9 nitrogen and oxygen atoms in total. The summed E-state index contributed by atoms with van der Waals surface area (Å²) in [6.45, 7) is 0. The van der Waals surface area contributed by atoms with Crippen molar-refractivity contribution in [3.8, 4) is 11.4 Å². The zero-order valence-corrected chi connectivity index (χ0v) is 18.9. The molecule has 170 valence electrons. The van der Waals surface area contributed by atoms with Crippen molar-refractivity contribution < 1.29 is 4.79 Å². The number of aromatic amines is 2. The molecule has 6 aromatic rings. The minimum Gasteiger partial charge on any atom is -0.351 e. The number of benzene rings is 2. The van der Waals surface area contributed by atoms with Gasteiger partial charge in [0.2, 0.25) is 0 Å². The van der Waals surface area contributed by atoms with Gasteiger partial charge in [0.1, 0.15) is 11.5 Å². The number of hydrogen-bond donors (Lipinski definition) is 3. The van der Waals surface area contributed by atoms with E-state index in [1.54, 1.807) is 36.9 Å². The average molecular weight is 481 g/mol. The molecule has 0 spiro atoms. The van der Waals surface area contributed by atoms with Crippen molar-refractivity contribution in [2.45, 2.75) is 6.42 Å². The quantitative estimate of drug-likeness (QED) is 0.283. The number of ketones is 1. The molecule has 10 heteroatoms. The summed E-state index contributed by atoms with van der Waals surface area (Å²) in [6.07, 6.45) is 6.77. The third kappa shape index (κ3) is 4.09. The van der Waals surface area contributed by atoms with E-state index >= 15 is 0 Å². The molecule has 0 radical (unpaired) electrons. The van der Waals surface area contributed by atoms with E-state index in [0.717, 1.165) is 38.6 Å². The Morgan fingerprint density at radius 1 is 0.971 bits per heavy atom. The predicted octanol–water partition coefficient (Wildman–Crippen LogP) is 5.11. The standard InChI is InChI=1S/C25H17ClN8O/c26-23-18-3-1-15(11-20(18)32-24(23)21(35)9-14-5-8-28-29-12-14)25-27-7-6-22(33-25)31-17-2-4-19-16(10-17)13-30-34-19/h1-8,10-13,32H,9H2,(H,30,34)(H,27,31,33). The number of hydrogen-bond acceptors (Lipinski definition) is 7. The van der Waals surface area contributed by atoms with E-state index in [1.807, 2.05) is 36.4 Å². The highest BCUT2D eigenvalue weighted by atomic mass is 35.5. The Morgan fingerprint density at radius 3 is 2.80 bits per heavy atom. The van der Waals surface area contributed by atoms with E-state index in [4.69, 9.17) is 11.6 Å². The van der Waals surface area contributed by atoms with E-state index in [0.29, 0.717) is 22.4 Å². The van der Waals surface area contributed by atoms with Crippen molar-refractivity contribution in [2.75, 3.05) is 5.32 Å². The van der Waals surface area contributed by atoms with Crippen molar-refractivity contribution >= 4 is 50.7 Å². The first-order chi connectivity index (χ1) is 17.1. The molecule has 0 aliphatic rings. The molecule has 0 saturated carbocycles. The summed E-state index contributed by atoms with van der Waals surface area (Å²) in [7, 11) is 0. The molecule has 4 heterocycles. The Hall–Kier alpha value is -4.63. The van der Waals surface area contributed by atoms with Crippen molar-refractivity contribution in [1.82, 2.24) is 35.3 Å². The first kappa shape index (κ1) is 20.9. The maximum Gasteiger partial charge on any atom is 0.184 e. The van der Waals surface area contributed by atoms with E-state index in [2.05, 4.69) is 40.7 Å². The Labute approximate surface area is 203 Å². The number of carbonyl (C=O) groups excluding carboxylic acids is 1. The van der Waals surface area contributed by atoms with Gasteiger partial charge in [-0.25, -0.2) is 9.97 Å². The Kier molecular flexibility index (Phi) is 5.16. The number of H-pyrrole nitrogens is 2. The normalized spacial score (nSPS) is 11.2. The topological polar surface area (TPSA) is 125 Å². The largest absolute Gasteiger partial charge is 0.351 e. The molecular formula is C25H17ClN8O. The summed E-state index contributed by atoms with van der Waals surface area (Å²) in [4.78, 5) is 25.1. The van der Waals surface area contributed by atoms with Crippen LogP contribution >= 0.6 is 11.6 Å². The molecule has 0 bridgehead atoms. The lowest BCUT2D eigenvalue weighted by Crippen LogP contribution is -2.05. The van der Waals surface area contributed by atoms with Crippen LogP contribution in [0.25, 0.3) is 33.2 Å². The van der Waals surface area contributed by atoms with Gasteiger partial charge in [0, 0.05) is 46.4 Å². The highest BCUT2D eigenvalue weighted by molar-refractivity contribution is 6.39. The number of rotatable bonds is 6. The molecule has 0 atom stereocenters. The molecule has 0 unspecified atom stereocenters. The molecule has 0 amide bonds. The second-order valence-corrected chi connectivity index (χ2v) is 8.37. The summed E-state index contributed by atoms with van der Waals surface area (Å²) in [5.74, 6) is 1.07. The number of nitrogens with one attached hydrogen (secondary N) is 3. The van der Waals surface area contributed by atoms with Crippen LogP contribution in [0.1, 0.15) is 16.1 Å². The van der Waals surface area contributed by atoms with Gasteiger partial charge >= 0.3 is 0 Å². The second kappa shape index (κ2) is 8.62. The minimum atomic E-state index is -0.127. The monoisotopic (exact) mass is 480 g/mol. The molecule has 3 N–H and O–H groups in total. The van der Waals surface area contributed by atoms with Gasteiger partial charge in [-0.1, -0.05) is 23.7 Å². The van der Waals surface area contributed by atoms with Crippen molar-refractivity contribution in [3.63, 3.8) is 0 Å². The molecule has 0 aliphatic heterocycles. The van der Waals surface area contributed by atoms with Crippen LogP contribution in [0.3, 0.4) is 0 Å². The Balaban J connectivity index is 1.28. The van der Waals surface area contributed by atoms with E-state index in [-0.39, 0.29) is 12.2 Å². The van der Waals surface area contributed by atoms with Gasteiger partial charge in [0.05, 0.1) is 22.9 Å². The average Bonchev–Trinajstić information content (AvgIpc) is 3.48. The fraction of sp³-hybridized carbons (Fsp3) is 0.0400. The van der Waals surface area contributed by atoms with Crippen molar-refractivity contribution in [3.05, 3.63) is 89.6 Å². The van der Waals surface area contributed by atoms with Crippen molar-refractivity contribution in [2.24, 2.45) is 0 Å². The Bertz CT molecular complexity index is 1690. The number of anilines is 2. The first-order valence-corrected chi connectivity index (χ1v) is 11.2. The van der Waals surface area contributed by atoms with Crippen LogP contribution < -0.4 is 5.32 Å². The van der Waals surface area contributed by atoms with Crippen LogP contribution in [-0.4, -0.2) is 41.1 Å². The summed E-state index contributed by atoms with van der Waals surface area (Å²) in [6, 6.07) is 15.1. The minimum absolute atomic E-state index is 0.127. The number of carbonyl (C=O) groups is 1. The van der Waals surface area contributed by atoms with Gasteiger partial charge in [-0.15, -0.1) is 0 Å². The molecule has 2 aromatic carbocycles. The van der Waals surface area contributed by atoms with Gasteiger partial charge in [-0.2, -0.15) is 15.3 Å². The smallest absolute Gasteiger partial charge is 0.184 e. The first-order valence-electron chi connectivity index (χ1n) is 10.8. The van der Waals surface area contributed by atoms with Gasteiger partial charge in [0.15, 0.2) is 11.6 Å². The van der Waals surface area contributed by atoms with Crippen LogP contribution in [0.4, 0.5) is 11.5 Å². The number of aromatic nitrogens is 7. The molecule has 0 aliphatic carbocycles. The summed E-state index contributed by atoms with van der Waals surface area (Å²) in [5.41, 5.74) is 4.51. The molecule has 0 fully saturated rings. The van der Waals surface area contributed by atoms with E-state index in [1.165, 1.54) is 0 Å². The summed E-state index contributed by atoms with van der Waals surface area (Å²) in [5, 5.41) is 20.0. The lowest BCUT2D eigenvalue weighted by molar-refractivity contribution is 0.0989. The fourth-order valence-corrected chi connectivity index (χ4v) is 4.24. The number of Topliss-reactive ketones (excluding diaryl/α,β-unsaturated/α-hetero) is 1. The predicted molar refractivity (Wildman–Crippen MR) is 134 cm³/mol. The second-order valence-electron chi connectivity index (χ2n) is 7.99. The molecule has 0 saturated heterocycles. The molecule has 6 rings (SSSR count). The van der Waals surface area contributed by atoms with E-state index < -0.39 is 0 Å². The van der Waals surface area contributed by atoms with Gasteiger partial charge in [0.25, 0.3) is 0 Å². The fourth-order valence-electron chi connectivity index (χ4n) is 3.93. The zero-order valence-electron chi connectivity index (χ0n) is 18.2. The van der Waals surface area contributed by atoms with Crippen LogP contribution in [0.15, 0.2) is 73.3 Å². The van der Waals surface area contributed by atoms with Crippen LogP contribution in [0.2, 0.25) is 5.02 Å². The van der Waals surface area contributed by atoms with Crippen molar-refractivity contribution in [1.29, 1.82) is 0 Å². The van der Waals surface area contributed by atoms with Crippen LogP contribution in [-0.2, 0) is 6.42 Å². The summed E-state index contributed by atoms with van der Waals surface area (Å²) >= 11 is 6.54. The summed E-state index contributed by atoms with van der Waals surface area (Å²) < 4.78 is 0. The van der Waals surface area contributed by atoms with Gasteiger partial charge in [-0.3, -0.25) is 9.89 Å². The lowest BCUT2D eigenvalue weighted by atomic mass is 10.1. The number of fused-ring (bicyclic) bond motifs is 2. The highest BCUT2D eigenvalue weighted by Gasteiger charge is 2.18. The van der Waals surface area contributed by atoms with E-state index in [9.17, 15) is 4.79 Å². The van der Waals surface area contributed by atoms with Gasteiger partial charge < -0.3 is 10.3 Å². The molecule has 4 aromatic heterocycles. The maximum absolute atomic E-state index is 12.8. The third-order valence-corrected chi connectivity index (χ3v) is 6.04. The third-order valence-electron chi connectivity index (χ3n) is 5.65. The highest BCUT2D eigenvalue weighted by Crippen LogP contribution is 2.31. The lowest BCUT2D eigenvalue weighted by Gasteiger charge is -2.07. The Morgan fingerprint density at radius 2 is 1.91 bits per heavy atom. The van der Waals surface area contributed by atoms with Crippen LogP contribution in [0.5, 0.6) is 0 Å². The van der Waals surface area contributed by atoms with Gasteiger partial charge in [-0.05, 0) is 42.0 Å². The zero-order chi connectivity index (χ0) is 23.8. The van der Waals surface area contributed by atoms with Crippen LogP contribution in [0, 0.1) is 0 Å².